The SMILES string of the molecule is CCc1ccccc1NC(=O)CN(C)C(=O)Cn1cnc2scc(-c3cccs3)c2c1=O. The van der Waals surface area contributed by atoms with Gasteiger partial charge < -0.3 is 10.2 Å². The quantitative estimate of drug-likeness (QED) is 0.448. The molecule has 0 spiro atoms. The van der Waals surface area contributed by atoms with Crippen molar-refractivity contribution < 1.29 is 9.59 Å². The number of likely N-dealkylation sites (N-methyl/N-ethyl adjacent to an activating group) is 1. The van der Waals surface area contributed by atoms with Crippen molar-refractivity contribution in [3.63, 3.8) is 0 Å². The van der Waals surface area contributed by atoms with Crippen molar-refractivity contribution in [1.82, 2.24) is 14.5 Å². The number of hydrogen-bond acceptors (Lipinski definition) is 6. The van der Waals surface area contributed by atoms with Gasteiger partial charge in [0.2, 0.25) is 11.8 Å². The van der Waals surface area contributed by atoms with E-state index in [1.54, 1.807) is 18.4 Å². The highest BCUT2D eigenvalue weighted by Gasteiger charge is 2.18. The maximum atomic E-state index is 13.1. The molecule has 0 saturated heterocycles. The zero-order valence-corrected chi connectivity index (χ0v) is 19.3. The number of carbonyl (C=O) groups excluding carboxylic acids is 2. The fraction of sp³-hybridized carbons (Fsp3) is 0.217. The smallest absolute Gasteiger partial charge is 0.263 e. The summed E-state index contributed by atoms with van der Waals surface area (Å²) in [7, 11) is 1.55. The molecule has 2 amide bonds. The van der Waals surface area contributed by atoms with Crippen molar-refractivity contribution in [2.24, 2.45) is 0 Å². The summed E-state index contributed by atoms with van der Waals surface area (Å²) in [6.45, 7) is 1.72. The van der Waals surface area contributed by atoms with E-state index in [0.29, 0.717) is 10.2 Å². The Bertz CT molecular complexity index is 1320. The molecule has 164 valence electrons. The number of benzene rings is 1. The average molecular weight is 467 g/mol. The number of nitrogens with one attached hydrogen (secondary N) is 1. The van der Waals surface area contributed by atoms with Gasteiger partial charge in [0, 0.05) is 28.6 Å². The first-order chi connectivity index (χ1) is 15.5. The summed E-state index contributed by atoms with van der Waals surface area (Å²) in [5.41, 5.74) is 2.34. The van der Waals surface area contributed by atoms with Gasteiger partial charge in [-0.05, 0) is 29.5 Å². The van der Waals surface area contributed by atoms with Crippen LogP contribution in [0.5, 0.6) is 0 Å². The Balaban J connectivity index is 1.47. The summed E-state index contributed by atoms with van der Waals surface area (Å²) in [4.78, 5) is 45.6. The second-order valence-corrected chi connectivity index (χ2v) is 9.10. The molecule has 0 unspecified atom stereocenters. The lowest BCUT2D eigenvalue weighted by Crippen LogP contribution is -2.38. The van der Waals surface area contributed by atoms with Crippen LogP contribution >= 0.6 is 22.7 Å². The van der Waals surface area contributed by atoms with E-state index in [4.69, 9.17) is 0 Å². The monoisotopic (exact) mass is 466 g/mol. The molecule has 0 radical (unpaired) electrons. The van der Waals surface area contributed by atoms with Gasteiger partial charge in [0.1, 0.15) is 11.4 Å². The van der Waals surface area contributed by atoms with E-state index in [-0.39, 0.29) is 30.5 Å². The molecule has 0 bridgehead atoms. The fourth-order valence-corrected chi connectivity index (χ4v) is 5.12. The van der Waals surface area contributed by atoms with E-state index < -0.39 is 0 Å². The number of fused-ring (bicyclic) bond motifs is 1. The van der Waals surface area contributed by atoms with Gasteiger partial charge in [0.15, 0.2) is 0 Å². The Kier molecular flexibility index (Phi) is 6.48. The number of carbonyl (C=O) groups is 2. The number of nitrogens with zero attached hydrogens (tertiary/aromatic N) is 3. The van der Waals surface area contributed by atoms with Crippen LogP contribution in [0.3, 0.4) is 0 Å². The van der Waals surface area contributed by atoms with E-state index in [1.807, 2.05) is 54.1 Å². The molecule has 0 fully saturated rings. The molecule has 0 aliphatic heterocycles. The summed E-state index contributed by atoms with van der Waals surface area (Å²) in [6, 6.07) is 11.5. The Morgan fingerprint density at radius 3 is 2.72 bits per heavy atom. The normalized spacial score (nSPS) is 10.9. The summed E-state index contributed by atoms with van der Waals surface area (Å²) >= 11 is 2.96. The molecular formula is C23H22N4O3S2. The number of aryl methyl sites for hydroxylation is 1. The molecule has 3 aromatic heterocycles. The van der Waals surface area contributed by atoms with Crippen molar-refractivity contribution in [2.75, 3.05) is 18.9 Å². The van der Waals surface area contributed by atoms with Gasteiger partial charge in [-0.2, -0.15) is 0 Å². The van der Waals surface area contributed by atoms with Crippen molar-refractivity contribution in [3.8, 4) is 10.4 Å². The van der Waals surface area contributed by atoms with Crippen molar-refractivity contribution in [3.05, 3.63) is 69.4 Å². The number of anilines is 1. The van der Waals surface area contributed by atoms with Crippen LogP contribution < -0.4 is 10.9 Å². The van der Waals surface area contributed by atoms with Crippen LogP contribution in [0, 0.1) is 0 Å². The molecule has 1 N–H and O–H groups in total. The summed E-state index contributed by atoms with van der Waals surface area (Å²) in [5, 5.41) is 7.25. The van der Waals surface area contributed by atoms with Gasteiger partial charge >= 0.3 is 0 Å². The van der Waals surface area contributed by atoms with Gasteiger partial charge in [-0.1, -0.05) is 31.2 Å². The van der Waals surface area contributed by atoms with Gasteiger partial charge in [0.05, 0.1) is 18.3 Å². The van der Waals surface area contributed by atoms with Gasteiger partial charge in [-0.3, -0.25) is 19.0 Å². The first kappa shape index (κ1) is 21.9. The second kappa shape index (κ2) is 9.46. The summed E-state index contributed by atoms with van der Waals surface area (Å²) in [5.74, 6) is -0.638. The topological polar surface area (TPSA) is 84.3 Å². The number of hydrogen-bond donors (Lipinski definition) is 1. The number of aromatic nitrogens is 2. The van der Waals surface area contributed by atoms with E-state index >= 15 is 0 Å². The van der Waals surface area contributed by atoms with Crippen LogP contribution in [0.15, 0.2) is 58.3 Å². The second-order valence-electron chi connectivity index (χ2n) is 7.29. The minimum atomic E-state index is -0.347. The van der Waals surface area contributed by atoms with Gasteiger partial charge in [-0.15, -0.1) is 22.7 Å². The lowest BCUT2D eigenvalue weighted by atomic mass is 10.1. The third-order valence-corrected chi connectivity index (χ3v) is 6.92. The van der Waals surface area contributed by atoms with Crippen LogP contribution in [0.2, 0.25) is 0 Å². The lowest BCUT2D eigenvalue weighted by molar-refractivity contribution is -0.133. The third-order valence-electron chi connectivity index (χ3n) is 5.13. The van der Waals surface area contributed by atoms with E-state index in [0.717, 1.165) is 28.1 Å². The van der Waals surface area contributed by atoms with E-state index in [2.05, 4.69) is 10.3 Å². The fourth-order valence-electron chi connectivity index (χ4n) is 3.40. The predicted octanol–water partition coefficient (Wildman–Crippen LogP) is 3.85. The third kappa shape index (κ3) is 4.49. The maximum absolute atomic E-state index is 13.1. The Labute approximate surface area is 193 Å². The molecule has 1 aromatic carbocycles. The van der Waals surface area contributed by atoms with E-state index in [1.165, 1.54) is 27.1 Å². The highest BCUT2D eigenvalue weighted by atomic mass is 32.1. The Morgan fingerprint density at radius 1 is 1.16 bits per heavy atom. The molecule has 32 heavy (non-hydrogen) atoms. The summed E-state index contributed by atoms with van der Waals surface area (Å²) in [6.07, 6.45) is 2.18. The molecule has 7 nitrogen and oxygen atoms in total. The zero-order valence-electron chi connectivity index (χ0n) is 17.7. The number of amides is 2. The standard InChI is InChI=1S/C23H22N4O3S2/c1-3-15-7-4-5-8-17(15)25-19(28)11-26(2)20(29)12-27-14-24-22-21(23(27)30)16(13-32-22)18-9-6-10-31-18/h4-10,13-14H,3,11-12H2,1-2H3,(H,25,28). The van der Waals surface area contributed by atoms with Crippen LogP contribution in [0.1, 0.15) is 12.5 Å². The molecule has 0 saturated carbocycles. The molecule has 3 heterocycles. The molecule has 9 heteroatoms. The molecule has 4 rings (SSSR count). The van der Waals surface area contributed by atoms with Crippen molar-refractivity contribution >= 4 is 50.4 Å². The molecule has 4 aromatic rings. The van der Waals surface area contributed by atoms with Crippen LogP contribution in [-0.2, 0) is 22.6 Å². The minimum absolute atomic E-state index is 0.111. The highest BCUT2D eigenvalue weighted by Crippen LogP contribution is 2.33. The number of thiophene rings is 2. The molecule has 0 aliphatic carbocycles. The first-order valence-electron chi connectivity index (χ1n) is 10.1. The van der Waals surface area contributed by atoms with E-state index in [9.17, 15) is 14.4 Å². The number of rotatable bonds is 7. The van der Waals surface area contributed by atoms with Crippen LogP contribution in [-0.4, -0.2) is 39.9 Å². The van der Waals surface area contributed by atoms with Crippen LogP contribution in [0.25, 0.3) is 20.7 Å². The largest absolute Gasteiger partial charge is 0.335 e. The molecule has 0 atom stereocenters. The predicted molar refractivity (Wildman–Crippen MR) is 129 cm³/mol. The van der Waals surface area contributed by atoms with Crippen LogP contribution in [0.4, 0.5) is 5.69 Å². The summed E-state index contributed by atoms with van der Waals surface area (Å²) < 4.78 is 1.30. The molecular weight excluding hydrogens is 444 g/mol. The maximum Gasteiger partial charge on any atom is 0.263 e. The average Bonchev–Trinajstić information content (AvgIpc) is 3.45. The minimum Gasteiger partial charge on any atom is -0.335 e. The van der Waals surface area contributed by atoms with Crippen molar-refractivity contribution in [2.45, 2.75) is 19.9 Å². The zero-order chi connectivity index (χ0) is 22.7. The number of para-hydroxylation sites is 1. The van der Waals surface area contributed by atoms with Gasteiger partial charge in [-0.25, -0.2) is 4.98 Å². The van der Waals surface area contributed by atoms with Crippen molar-refractivity contribution in [1.29, 1.82) is 0 Å². The van der Waals surface area contributed by atoms with Gasteiger partial charge in [0.25, 0.3) is 5.56 Å². The Hall–Kier alpha value is -3.30. The molecule has 0 aliphatic rings. The lowest BCUT2D eigenvalue weighted by Gasteiger charge is -2.18. The first-order valence-corrected chi connectivity index (χ1v) is 11.9. The Morgan fingerprint density at radius 2 is 1.97 bits per heavy atom. The highest BCUT2D eigenvalue weighted by molar-refractivity contribution is 7.18.